The third kappa shape index (κ3) is 5.76. The molecular formula is C20H26FN5O4. The fourth-order valence-electron chi connectivity index (χ4n) is 3.34. The van der Waals surface area contributed by atoms with E-state index in [2.05, 4.69) is 15.6 Å². The molecule has 1 saturated heterocycles. The van der Waals surface area contributed by atoms with E-state index in [0.717, 1.165) is 5.56 Å². The van der Waals surface area contributed by atoms with E-state index in [1.165, 1.54) is 15.8 Å². The summed E-state index contributed by atoms with van der Waals surface area (Å²) in [6, 6.07) is 7.00. The van der Waals surface area contributed by atoms with Crippen molar-refractivity contribution in [3.8, 4) is 5.75 Å². The maximum atomic E-state index is 14.1. The van der Waals surface area contributed by atoms with Gasteiger partial charge >= 0.3 is 0 Å². The molecule has 2 heterocycles. The Balaban J connectivity index is 1.57. The molecule has 9 nitrogen and oxygen atoms in total. The summed E-state index contributed by atoms with van der Waals surface area (Å²) in [6.45, 7) is 2.77. The normalized spacial score (nSPS) is 18.4. The number of aryl methyl sites for hydroxylation is 1. The summed E-state index contributed by atoms with van der Waals surface area (Å²) in [5.41, 5.74) is 1.18. The summed E-state index contributed by atoms with van der Waals surface area (Å²) < 4.78 is 26.0. The number of halogens is 1. The van der Waals surface area contributed by atoms with Gasteiger partial charge in [-0.1, -0.05) is 17.3 Å². The highest BCUT2D eigenvalue weighted by Crippen LogP contribution is 2.22. The molecule has 2 amide bonds. The van der Waals surface area contributed by atoms with Crippen LogP contribution >= 0.6 is 0 Å². The molecule has 30 heavy (non-hydrogen) atoms. The van der Waals surface area contributed by atoms with Crippen molar-refractivity contribution in [2.75, 3.05) is 33.4 Å². The van der Waals surface area contributed by atoms with Gasteiger partial charge in [0.2, 0.25) is 0 Å². The average molecular weight is 419 g/mol. The number of likely N-dealkylation sites (tertiary alicyclic amines) is 1. The van der Waals surface area contributed by atoms with E-state index in [0.29, 0.717) is 18.9 Å². The van der Waals surface area contributed by atoms with E-state index in [1.54, 1.807) is 13.2 Å². The van der Waals surface area contributed by atoms with Crippen LogP contribution in [0.5, 0.6) is 5.75 Å². The second kappa shape index (κ2) is 10.1. The minimum absolute atomic E-state index is 0.0136. The Hall–Kier alpha value is -3.01. The highest BCUT2D eigenvalue weighted by atomic mass is 19.1. The Kier molecular flexibility index (Phi) is 7.34. The molecule has 1 aromatic carbocycles. The van der Waals surface area contributed by atoms with Crippen molar-refractivity contribution < 1.29 is 23.5 Å². The fourth-order valence-corrected chi connectivity index (χ4v) is 3.34. The quantitative estimate of drug-likeness (QED) is 0.609. The predicted octanol–water partition coefficient (Wildman–Crippen LogP) is 0.981. The van der Waals surface area contributed by atoms with Crippen LogP contribution in [0.3, 0.4) is 0 Å². The number of nitrogens with zero attached hydrogens (tertiary/aromatic N) is 4. The molecular weight excluding hydrogens is 393 g/mol. The van der Waals surface area contributed by atoms with Crippen molar-refractivity contribution in [1.29, 1.82) is 0 Å². The largest absolute Gasteiger partial charge is 0.484 e. The molecule has 10 heteroatoms. The summed E-state index contributed by atoms with van der Waals surface area (Å²) in [5, 5.41) is 10.4. The van der Waals surface area contributed by atoms with Gasteiger partial charge < -0.3 is 19.7 Å². The maximum absolute atomic E-state index is 14.1. The van der Waals surface area contributed by atoms with Crippen LogP contribution in [0.1, 0.15) is 22.5 Å². The number of methoxy groups -OCH3 is 1. The molecule has 1 aliphatic rings. The van der Waals surface area contributed by atoms with Gasteiger partial charge in [0.05, 0.1) is 31.9 Å². The van der Waals surface area contributed by atoms with E-state index < -0.39 is 6.17 Å². The van der Waals surface area contributed by atoms with Crippen LogP contribution < -0.4 is 10.1 Å². The number of rotatable bonds is 9. The maximum Gasteiger partial charge on any atom is 0.273 e. The molecule has 1 aromatic heterocycles. The van der Waals surface area contributed by atoms with Crippen molar-refractivity contribution >= 4 is 11.8 Å². The lowest BCUT2D eigenvalue weighted by molar-refractivity contribution is -0.134. The first-order chi connectivity index (χ1) is 14.5. The zero-order chi connectivity index (χ0) is 21.5. The molecule has 1 N–H and O–H groups in total. The molecule has 2 atom stereocenters. The van der Waals surface area contributed by atoms with E-state index >= 15 is 0 Å². The van der Waals surface area contributed by atoms with Crippen LogP contribution in [-0.4, -0.2) is 77.3 Å². The van der Waals surface area contributed by atoms with Gasteiger partial charge in [-0.25, -0.2) is 9.07 Å². The molecule has 2 aromatic rings. The number of amides is 2. The van der Waals surface area contributed by atoms with Gasteiger partial charge in [0.1, 0.15) is 11.9 Å². The van der Waals surface area contributed by atoms with Gasteiger partial charge in [-0.3, -0.25) is 9.59 Å². The van der Waals surface area contributed by atoms with Gasteiger partial charge in [-0.2, -0.15) is 0 Å². The van der Waals surface area contributed by atoms with Crippen LogP contribution in [0, 0.1) is 6.92 Å². The first-order valence-corrected chi connectivity index (χ1v) is 9.76. The lowest BCUT2D eigenvalue weighted by Gasteiger charge is -2.24. The number of hydrogen-bond acceptors (Lipinski definition) is 6. The average Bonchev–Trinajstić information content (AvgIpc) is 3.33. The zero-order valence-electron chi connectivity index (χ0n) is 17.1. The molecule has 0 aliphatic carbocycles. The van der Waals surface area contributed by atoms with E-state index in [-0.39, 0.29) is 49.7 Å². The first-order valence-electron chi connectivity index (χ1n) is 9.76. The Morgan fingerprint density at radius 2 is 2.20 bits per heavy atom. The second-order valence-corrected chi connectivity index (χ2v) is 7.21. The number of benzene rings is 1. The Labute approximate surface area is 174 Å². The Morgan fingerprint density at radius 3 is 2.97 bits per heavy atom. The fraction of sp³-hybridized carbons (Fsp3) is 0.500. The van der Waals surface area contributed by atoms with Crippen molar-refractivity contribution in [3.63, 3.8) is 0 Å². The van der Waals surface area contributed by atoms with Crippen molar-refractivity contribution in [2.24, 2.45) is 0 Å². The number of nitrogens with one attached hydrogen (secondary N) is 1. The molecule has 3 rings (SSSR count). The van der Waals surface area contributed by atoms with Crippen LogP contribution in [0.2, 0.25) is 0 Å². The number of ether oxygens (including phenoxy) is 2. The highest BCUT2D eigenvalue weighted by molar-refractivity contribution is 5.91. The summed E-state index contributed by atoms with van der Waals surface area (Å²) in [4.78, 5) is 26.1. The summed E-state index contributed by atoms with van der Waals surface area (Å²) in [6.07, 6.45) is 0.573. The van der Waals surface area contributed by atoms with Crippen molar-refractivity contribution in [1.82, 2.24) is 25.2 Å². The SMILES string of the molecule is COCCNC(=O)c1cn(C[C@@H]2C[C@H](F)CN2C(=O)COc2cccc(C)c2)nn1. The van der Waals surface area contributed by atoms with Crippen LogP contribution in [0.4, 0.5) is 4.39 Å². The minimum atomic E-state index is -1.11. The Morgan fingerprint density at radius 1 is 1.37 bits per heavy atom. The van der Waals surface area contributed by atoms with Gasteiger partial charge in [-0.15, -0.1) is 5.10 Å². The van der Waals surface area contributed by atoms with Gasteiger partial charge in [0, 0.05) is 20.1 Å². The van der Waals surface area contributed by atoms with Crippen LogP contribution in [0.25, 0.3) is 0 Å². The van der Waals surface area contributed by atoms with Crippen molar-refractivity contribution in [3.05, 3.63) is 41.7 Å². The third-order valence-electron chi connectivity index (χ3n) is 4.80. The van der Waals surface area contributed by atoms with Gasteiger partial charge in [-0.05, 0) is 24.6 Å². The molecule has 1 fully saturated rings. The monoisotopic (exact) mass is 419 g/mol. The summed E-state index contributed by atoms with van der Waals surface area (Å²) in [7, 11) is 1.54. The number of carbonyl (C=O) groups excluding carboxylic acids is 2. The summed E-state index contributed by atoms with van der Waals surface area (Å²) in [5.74, 6) is -0.0665. The predicted molar refractivity (Wildman–Crippen MR) is 106 cm³/mol. The lowest BCUT2D eigenvalue weighted by Crippen LogP contribution is -2.41. The molecule has 0 bridgehead atoms. The zero-order valence-corrected chi connectivity index (χ0v) is 17.1. The van der Waals surface area contributed by atoms with Gasteiger partial charge in [0.25, 0.3) is 11.8 Å². The standard InChI is InChI=1S/C20H26FN5O4/c1-14-4-3-5-17(8-14)30-13-19(27)26-10-15(21)9-16(26)11-25-12-18(23-24-25)20(28)22-6-7-29-2/h3-5,8,12,15-16H,6-7,9-11,13H2,1-2H3,(H,22,28)/t15-,16-/m0/s1. The highest BCUT2D eigenvalue weighted by Gasteiger charge is 2.36. The third-order valence-corrected chi connectivity index (χ3v) is 4.80. The summed E-state index contributed by atoms with van der Waals surface area (Å²) >= 11 is 0. The second-order valence-electron chi connectivity index (χ2n) is 7.21. The number of hydrogen-bond donors (Lipinski definition) is 1. The molecule has 1 aliphatic heterocycles. The molecule has 0 spiro atoms. The molecule has 162 valence electrons. The lowest BCUT2D eigenvalue weighted by atomic mass is 10.2. The topological polar surface area (TPSA) is 98.6 Å². The smallest absolute Gasteiger partial charge is 0.273 e. The van der Waals surface area contributed by atoms with E-state index in [1.807, 2.05) is 25.1 Å². The molecule has 0 unspecified atom stereocenters. The van der Waals surface area contributed by atoms with Crippen LogP contribution in [-0.2, 0) is 16.1 Å². The van der Waals surface area contributed by atoms with E-state index in [4.69, 9.17) is 9.47 Å². The number of alkyl halides is 1. The minimum Gasteiger partial charge on any atom is -0.484 e. The molecule has 0 radical (unpaired) electrons. The number of carbonyl (C=O) groups is 2. The van der Waals surface area contributed by atoms with E-state index in [9.17, 15) is 14.0 Å². The van der Waals surface area contributed by atoms with Crippen molar-refractivity contribution in [2.45, 2.75) is 32.1 Å². The number of aromatic nitrogens is 3. The Bertz CT molecular complexity index is 874. The van der Waals surface area contributed by atoms with Crippen LogP contribution in [0.15, 0.2) is 30.5 Å². The molecule has 0 saturated carbocycles. The first kappa shape index (κ1) is 21.7. The van der Waals surface area contributed by atoms with Gasteiger partial charge in [0.15, 0.2) is 12.3 Å².